The van der Waals surface area contributed by atoms with Crippen molar-refractivity contribution in [2.45, 2.75) is 13.1 Å². The van der Waals surface area contributed by atoms with Gasteiger partial charge in [-0.25, -0.2) is 0 Å². The van der Waals surface area contributed by atoms with Crippen LogP contribution in [0.15, 0.2) is 42.5 Å². The molecule has 0 fully saturated rings. The summed E-state index contributed by atoms with van der Waals surface area (Å²) in [5.41, 5.74) is 0.951. The van der Waals surface area contributed by atoms with Gasteiger partial charge in [-0.1, -0.05) is 18.1 Å². The molecule has 0 aliphatic rings. The topological polar surface area (TPSA) is 29.1 Å². The van der Waals surface area contributed by atoms with E-state index in [1.54, 1.807) is 12.1 Å². The number of hydrogen-bond acceptors (Lipinski definition) is 1. The summed E-state index contributed by atoms with van der Waals surface area (Å²) in [6.07, 6.45) is 0.876. The Balaban J connectivity index is 2.25. The van der Waals surface area contributed by atoms with E-state index in [4.69, 9.17) is 6.42 Å². The number of halogens is 3. The molecule has 0 radical (unpaired) electrons. The summed E-state index contributed by atoms with van der Waals surface area (Å²) < 4.78 is 37.9. The molecule has 0 spiro atoms. The Kier molecular flexibility index (Phi) is 4.22. The maximum atomic E-state index is 12.6. The Morgan fingerprint density at radius 2 is 1.91 bits per heavy atom. The second kappa shape index (κ2) is 5.94. The lowest BCUT2D eigenvalue weighted by molar-refractivity contribution is -0.137. The van der Waals surface area contributed by atoms with Crippen LogP contribution < -0.4 is 5.32 Å². The lowest BCUT2D eigenvalue weighted by Crippen LogP contribution is -2.13. The monoisotopic (exact) mass is 303 g/mol. The van der Waals surface area contributed by atoms with E-state index in [1.165, 1.54) is 18.2 Å². The second-order valence-corrected chi connectivity index (χ2v) is 4.71. The highest BCUT2D eigenvalue weighted by Crippen LogP contribution is 2.30. The highest BCUT2D eigenvalue weighted by atomic mass is 19.4. The number of aryl methyl sites for hydroxylation is 1. The van der Waals surface area contributed by atoms with Crippen molar-refractivity contribution >= 4 is 11.6 Å². The molecule has 0 bridgehead atoms. The highest BCUT2D eigenvalue weighted by molar-refractivity contribution is 6.04. The molecule has 1 N–H and O–H groups in total. The predicted molar refractivity (Wildman–Crippen MR) is 78.5 cm³/mol. The number of hydrogen-bond donors (Lipinski definition) is 1. The van der Waals surface area contributed by atoms with Crippen molar-refractivity contribution in [2.75, 3.05) is 5.32 Å². The number of benzene rings is 2. The molecular formula is C17H12F3NO. The smallest absolute Gasteiger partial charge is 0.322 e. The first-order valence-corrected chi connectivity index (χ1v) is 6.37. The third-order valence-electron chi connectivity index (χ3n) is 3.10. The van der Waals surface area contributed by atoms with E-state index in [9.17, 15) is 18.0 Å². The van der Waals surface area contributed by atoms with Crippen LogP contribution in [-0.2, 0) is 6.18 Å². The number of carbonyl (C=O) groups is 1. The van der Waals surface area contributed by atoms with Crippen LogP contribution in [0.5, 0.6) is 0 Å². The Morgan fingerprint density at radius 3 is 2.55 bits per heavy atom. The largest absolute Gasteiger partial charge is 0.416 e. The summed E-state index contributed by atoms with van der Waals surface area (Å²) in [5, 5.41) is 2.43. The molecule has 0 saturated carbocycles. The number of anilines is 1. The van der Waals surface area contributed by atoms with E-state index in [-0.39, 0.29) is 11.3 Å². The minimum atomic E-state index is -4.46. The standard InChI is InChI=1S/C17H12F3NO/c1-3-12-9-13(8-7-11(12)2)16(22)21-15-6-4-5-14(10-15)17(18,19)20/h1,4-10H,2H3,(H,21,22). The van der Waals surface area contributed by atoms with Gasteiger partial charge in [0.2, 0.25) is 0 Å². The fourth-order valence-corrected chi connectivity index (χ4v) is 1.90. The zero-order valence-electron chi connectivity index (χ0n) is 11.7. The molecule has 0 atom stereocenters. The van der Waals surface area contributed by atoms with Crippen molar-refractivity contribution in [3.05, 3.63) is 64.7 Å². The first-order chi connectivity index (χ1) is 10.3. The summed E-state index contributed by atoms with van der Waals surface area (Å²) in [5.74, 6) is 1.94. The van der Waals surface area contributed by atoms with Crippen LogP contribution in [0.4, 0.5) is 18.9 Å². The average molecular weight is 303 g/mol. The fraction of sp³-hybridized carbons (Fsp3) is 0.118. The van der Waals surface area contributed by atoms with Crippen LogP contribution in [0.1, 0.15) is 27.0 Å². The van der Waals surface area contributed by atoms with Gasteiger partial charge in [-0.3, -0.25) is 4.79 Å². The number of rotatable bonds is 2. The minimum Gasteiger partial charge on any atom is -0.322 e. The number of nitrogens with one attached hydrogen (secondary N) is 1. The molecule has 2 aromatic rings. The van der Waals surface area contributed by atoms with E-state index >= 15 is 0 Å². The van der Waals surface area contributed by atoms with Gasteiger partial charge in [-0.15, -0.1) is 6.42 Å². The number of alkyl halides is 3. The third-order valence-corrected chi connectivity index (χ3v) is 3.10. The van der Waals surface area contributed by atoms with E-state index in [0.717, 1.165) is 17.7 Å². The summed E-state index contributed by atoms with van der Waals surface area (Å²) >= 11 is 0. The molecule has 2 aromatic carbocycles. The van der Waals surface area contributed by atoms with Crippen LogP contribution in [-0.4, -0.2) is 5.91 Å². The average Bonchev–Trinajstić information content (AvgIpc) is 2.47. The molecule has 0 saturated heterocycles. The summed E-state index contributed by atoms with van der Waals surface area (Å²) in [6, 6.07) is 9.24. The Bertz CT molecular complexity index is 757. The van der Waals surface area contributed by atoms with Crippen LogP contribution in [0, 0.1) is 19.3 Å². The van der Waals surface area contributed by atoms with Crippen molar-refractivity contribution in [3.63, 3.8) is 0 Å². The maximum Gasteiger partial charge on any atom is 0.416 e. The molecule has 0 aromatic heterocycles. The molecule has 0 heterocycles. The zero-order chi connectivity index (χ0) is 16.3. The lowest BCUT2D eigenvalue weighted by Gasteiger charge is -2.10. The highest BCUT2D eigenvalue weighted by Gasteiger charge is 2.30. The van der Waals surface area contributed by atoms with Crippen molar-refractivity contribution in [1.29, 1.82) is 0 Å². The zero-order valence-corrected chi connectivity index (χ0v) is 11.7. The number of carbonyl (C=O) groups excluding carboxylic acids is 1. The van der Waals surface area contributed by atoms with Gasteiger partial charge in [-0.05, 0) is 42.8 Å². The molecule has 5 heteroatoms. The fourth-order valence-electron chi connectivity index (χ4n) is 1.90. The van der Waals surface area contributed by atoms with E-state index in [1.807, 2.05) is 6.92 Å². The van der Waals surface area contributed by atoms with Gasteiger partial charge in [0.05, 0.1) is 5.56 Å². The minimum absolute atomic E-state index is 0.0719. The van der Waals surface area contributed by atoms with E-state index in [0.29, 0.717) is 5.56 Å². The molecule has 2 rings (SSSR count). The molecule has 22 heavy (non-hydrogen) atoms. The number of amides is 1. The van der Waals surface area contributed by atoms with Gasteiger partial charge in [0.1, 0.15) is 0 Å². The van der Waals surface area contributed by atoms with Crippen LogP contribution in [0.3, 0.4) is 0 Å². The quantitative estimate of drug-likeness (QED) is 0.826. The predicted octanol–water partition coefficient (Wildman–Crippen LogP) is 4.25. The molecule has 1 amide bonds. The molecule has 0 aliphatic carbocycles. The van der Waals surface area contributed by atoms with Gasteiger partial charge >= 0.3 is 6.18 Å². The normalized spacial score (nSPS) is 10.9. The Hall–Kier alpha value is -2.74. The molecule has 2 nitrogen and oxygen atoms in total. The molecule has 0 unspecified atom stereocenters. The summed E-state index contributed by atoms with van der Waals surface area (Å²) in [4.78, 5) is 12.1. The SMILES string of the molecule is C#Cc1cc(C(=O)Nc2cccc(C(F)(F)F)c2)ccc1C. The van der Waals surface area contributed by atoms with Gasteiger partial charge < -0.3 is 5.32 Å². The van der Waals surface area contributed by atoms with E-state index < -0.39 is 17.6 Å². The molecular weight excluding hydrogens is 291 g/mol. The third kappa shape index (κ3) is 3.47. The van der Waals surface area contributed by atoms with Crippen molar-refractivity contribution in [3.8, 4) is 12.3 Å². The van der Waals surface area contributed by atoms with Gasteiger partial charge in [-0.2, -0.15) is 13.2 Å². The Labute approximate surface area is 126 Å². The van der Waals surface area contributed by atoms with E-state index in [2.05, 4.69) is 11.2 Å². The van der Waals surface area contributed by atoms with Crippen LogP contribution in [0.25, 0.3) is 0 Å². The first kappa shape index (κ1) is 15.6. The van der Waals surface area contributed by atoms with Gasteiger partial charge in [0.25, 0.3) is 5.91 Å². The molecule has 112 valence electrons. The van der Waals surface area contributed by atoms with Crippen molar-refractivity contribution in [2.24, 2.45) is 0 Å². The van der Waals surface area contributed by atoms with Crippen molar-refractivity contribution in [1.82, 2.24) is 0 Å². The Morgan fingerprint density at radius 1 is 1.18 bits per heavy atom. The summed E-state index contributed by atoms with van der Waals surface area (Å²) in [6.45, 7) is 1.81. The maximum absolute atomic E-state index is 12.6. The molecule has 0 aliphatic heterocycles. The first-order valence-electron chi connectivity index (χ1n) is 6.37. The van der Waals surface area contributed by atoms with Crippen molar-refractivity contribution < 1.29 is 18.0 Å². The summed E-state index contributed by atoms with van der Waals surface area (Å²) in [7, 11) is 0. The van der Waals surface area contributed by atoms with Crippen LogP contribution >= 0.6 is 0 Å². The van der Waals surface area contributed by atoms with Crippen LogP contribution in [0.2, 0.25) is 0 Å². The lowest BCUT2D eigenvalue weighted by atomic mass is 10.0. The van der Waals surface area contributed by atoms with Gasteiger partial charge in [0.15, 0.2) is 0 Å². The number of terminal acetylenes is 1. The van der Waals surface area contributed by atoms with Gasteiger partial charge in [0, 0.05) is 16.8 Å². The second-order valence-electron chi connectivity index (χ2n) is 4.71.